The second-order valence-corrected chi connectivity index (χ2v) is 4.94. The van der Waals surface area contributed by atoms with E-state index in [9.17, 15) is 0 Å². The number of aromatic nitrogens is 2. The molecule has 0 spiro atoms. The quantitative estimate of drug-likeness (QED) is 0.784. The highest BCUT2D eigenvalue weighted by Crippen LogP contribution is 2.24. The molecule has 0 amide bonds. The molecule has 0 saturated heterocycles. The van der Waals surface area contributed by atoms with E-state index in [2.05, 4.69) is 39.2 Å². The topological polar surface area (TPSA) is 17.8 Å². The van der Waals surface area contributed by atoms with Crippen molar-refractivity contribution < 1.29 is 0 Å². The van der Waals surface area contributed by atoms with Crippen LogP contribution in [0.15, 0.2) is 39.8 Å². The van der Waals surface area contributed by atoms with Gasteiger partial charge in [-0.2, -0.15) is 5.10 Å². The summed E-state index contributed by atoms with van der Waals surface area (Å²) < 4.78 is 3.01. The van der Waals surface area contributed by atoms with Gasteiger partial charge in [0, 0.05) is 11.5 Å². The van der Waals surface area contributed by atoms with E-state index in [1.807, 2.05) is 30.1 Å². The lowest BCUT2D eigenvalue weighted by Crippen LogP contribution is -1.93. The summed E-state index contributed by atoms with van der Waals surface area (Å²) in [4.78, 5) is 0. The molecule has 0 radical (unpaired) electrons. The maximum atomic E-state index is 4.40. The molecule has 2 rings (SSSR count). The zero-order valence-corrected chi connectivity index (χ0v) is 11.0. The number of hydrogen-bond acceptors (Lipinski definition) is 2. The minimum absolute atomic E-state index is 1.05. The van der Waals surface area contributed by atoms with Crippen molar-refractivity contribution in [3.63, 3.8) is 0 Å². The molecule has 1 heterocycles. The highest BCUT2D eigenvalue weighted by molar-refractivity contribution is 9.10. The first kappa shape index (κ1) is 10.8. The minimum Gasteiger partial charge on any atom is -0.267 e. The van der Waals surface area contributed by atoms with Crippen LogP contribution in [0.4, 0.5) is 0 Å². The van der Waals surface area contributed by atoms with Gasteiger partial charge in [0.2, 0.25) is 0 Å². The Morgan fingerprint density at radius 3 is 2.47 bits per heavy atom. The smallest absolute Gasteiger partial charge is 0.118 e. The van der Waals surface area contributed by atoms with Crippen molar-refractivity contribution in [1.82, 2.24) is 9.78 Å². The van der Waals surface area contributed by atoms with E-state index in [4.69, 9.17) is 0 Å². The van der Waals surface area contributed by atoms with E-state index in [1.54, 1.807) is 11.8 Å². The molecule has 0 saturated carbocycles. The number of rotatable bonds is 2. The van der Waals surface area contributed by atoms with Crippen LogP contribution >= 0.6 is 27.7 Å². The summed E-state index contributed by atoms with van der Waals surface area (Å²) in [6.07, 6.45) is 2.04. The second-order valence-electron chi connectivity index (χ2n) is 3.20. The molecule has 78 valence electrons. The van der Waals surface area contributed by atoms with Gasteiger partial charge < -0.3 is 0 Å². The van der Waals surface area contributed by atoms with Crippen molar-refractivity contribution in [2.75, 3.05) is 6.26 Å². The Morgan fingerprint density at radius 2 is 1.93 bits per heavy atom. The third kappa shape index (κ3) is 2.26. The van der Waals surface area contributed by atoms with Gasteiger partial charge in [0.05, 0.1) is 5.69 Å². The zero-order chi connectivity index (χ0) is 10.8. The highest BCUT2D eigenvalue weighted by atomic mass is 79.9. The van der Waals surface area contributed by atoms with Gasteiger partial charge in [-0.1, -0.05) is 28.1 Å². The third-order valence-electron chi connectivity index (χ3n) is 2.21. The lowest BCUT2D eigenvalue weighted by molar-refractivity contribution is 0.745. The van der Waals surface area contributed by atoms with E-state index < -0.39 is 0 Å². The van der Waals surface area contributed by atoms with Gasteiger partial charge in [-0.25, -0.2) is 0 Å². The summed E-state index contributed by atoms with van der Waals surface area (Å²) in [5, 5.41) is 5.45. The normalized spacial score (nSPS) is 10.6. The van der Waals surface area contributed by atoms with Crippen molar-refractivity contribution >= 4 is 27.7 Å². The number of thioether (sulfide) groups is 1. The summed E-state index contributed by atoms with van der Waals surface area (Å²) in [6, 6.07) is 10.4. The van der Waals surface area contributed by atoms with Crippen molar-refractivity contribution in [2.45, 2.75) is 5.03 Å². The summed E-state index contributed by atoms with van der Waals surface area (Å²) in [5.41, 5.74) is 2.33. The largest absolute Gasteiger partial charge is 0.267 e. The Bertz CT molecular complexity index is 462. The number of aryl methyl sites for hydroxylation is 1. The Balaban J connectivity index is 2.44. The van der Waals surface area contributed by atoms with Crippen LogP contribution in [0.1, 0.15) is 0 Å². The summed E-state index contributed by atoms with van der Waals surface area (Å²) in [5.74, 6) is 0. The molecule has 2 aromatic rings. The van der Waals surface area contributed by atoms with Gasteiger partial charge in [0.25, 0.3) is 0 Å². The molecule has 0 fully saturated rings. The predicted molar refractivity (Wildman–Crippen MR) is 68.1 cm³/mol. The first-order valence-electron chi connectivity index (χ1n) is 4.54. The molecule has 1 aromatic heterocycles. The summed E-state index contributed by atoms with van der Waals surface area (Å²) >= 11 is 5.09. The fourth-order valence-corrected chi connectivity index (χ4v) is 2.13. The maximum Gasteiger partial charge on any atom is 0.118 e. The SMILES string of the molecule is CSc1cc(-c2ccc(Br)cc2)n(C)n1. The third-order valence-corrected chi connectivity index (χ3v) is 3.35. The van der Waals surface area contributed by atoms with Gasteiger partial charge >= 0.3 is 0 Å². The van der Waals surface area contributed by atoms with E-state index in [1.165, 1.54) is 5.56 Å². The molecule has 0 unspecified atom stereocenters. The lowest BCUT2D eigenvalue weighted by Gasteiger charge is -2.01. The number of hydrogen-bond donors (Lipinski definition) is 0. The number of nitrogens with zero attached hydrogens (tertiary/aromatic N) is 2. The molecular weight excluding hydrogens is 272 g/mol. The Kier molecular flexibility index (Phi) is 3.17. The van der Waals surface area contributed by atoms with Crippen molar-refractivity contribution in [1.29, 1.82) is 0 Å². The fraction of sp³-hybridized carbons (Fsp3) is 0.182. The Morgan fingerprint density at radius 1 is 1.27 bits per heavy atom. The molecule has 1 aromatic carbocycles. The van der Waals surface area contributed by atoms with E-state index in [0.717, 1.165) is 15.2 Å². The zero-order valence-electron chi connectivity index (χ0n) is 8.57. The fourth-order valence-electron chi connectivity index (χ4n) is 1.43. The Hall–Kier alpha value is -0.740. The average molecular weight is 283 g/mol. The number of halogens is 1. The maximum absolute atomic E-state index is 4.40. The van der Waals surface area contributed by atoms with Gasteiger partial charge in [0.1, 0.15) is 5.03 Å². The molecule has 4 heteroatoms. The molecule has 0 aliphatic rings. The van der Waals surface area contributed by atoms with E-state index >= 15 is 0 Å². The highest BCUT2D eigenvalue weighted by Gasteiger charge is 2.05. The van der Waals surface area contributed by atoms with Crippen molar-refractivity contribution in [2.24, 2.45) is 7.05 Å². The van der Waals surface area contributed by atoms with Crippen LogP contribution in [-0.4, -0.2) is 16.0 Å². The molecule has 15 heavy (non-hydrogen) atoms. The molecular formula is C11H11BrN2S. The molecule has 0 aliphatic heterocycles. The first-order valence-corrected chi connectivity index (χ1v) is 6.56. The first-order chi connectivity index (χ1) is 7.20. The monoisotopic (exact) mass is 282 g/mol. The van der Waals surface area contributed by atoms with Gasteiger partial charge in [0.15, 0.2) is 0 Å². The minimum atomic E-state index is 1.05. The molecule has 0 bridgehead atoms. The standard InChI is InChI=1S/C11H11BrN2S/c1-14-10(7-11(13-14)15-2)8-3-5-9(12)6-4-8/h3-7H,1-2H3. The Labute approximate surface area is 102 Å². The van der Waals surface area contributed by atoms with Crippen LogP contribution in [0.2, 0.25) is 0 Å². The lowest BCUT2D eigenvalue weighted by atomic mass is 10.1. The van der Waals surface area contributed by atoms with Gasteiger partial charge in [-0.05, 0) is 30.0 Å². The van der Waals surface area contributed by atoms with E-state index in [-0.39, 0.29) is 0 Å². The molecule has 0 N–H and O–H groups in total. The van der Waals surface area contributed by atoms with Crippen LogP contribution in [0, 0.1) is 0 Å². The summed E-state index contributed by atoms with van der Waals surface area (Å²) in [7, 11) is 1.97. The van der Waals surface area contributed by atoms with Crippen molar-refractivity contribution in [3.05, 3.63) is 34.8 Å². The van der Waals surface area contributed by atoms with Crippen LogP contribution in [-0.2, 0) is 7.05 Å². The van der Waals surface area contributed by atoms with Gasteiger partial charge in [-0.3, -0.25) is 4.68 Å². The molecule has 2 nitrogen and oxygen atoms in total. The van der Waals surface area contributed by atoms with Crippen molar-refractivity contribution in [3.8, 4) is 11.3 Å². The van der Waals surface area contributed by atoms with Crippen LogP contribution < -0.4 is 0 Å². The predicted octanol–water partition coefficient (Wildman–Crippen LogP) is 3.57. The second kappa shape index (κ2) is 4.41. The van der Waals surface area contributed by atoms with Crippen LogP contribution in [0.5, 0.6) is 0 Å². The average Bonchev–Trinajstić information content (AvgIpc) is 2.61. The molecule has 0 aliphatic carbocycles. The number of benzene rings is 1. The van der Waals surface area contributed by atoms with E-state index in [0.29, 0.717) is 0 Å². The molecule has 0 atom stereocenters. The van der Waals surface area contributed by atoms with Crippen LogP contribution in [0.3, 0.4) is 0 Å². The van der Waals surface area contributed by atoms with Crippen LogP contribution in [0.25, 0.3) is 11.3 Å². The van der Waals surface area contributed by atoms with Gasteiger partial charge in [-0.15, -0.1) is 11.8 Å². The summed E-state index contributed by atoms with van der Waals surface area (Å²) in [6.45, 7) is 0.